The molecule has 1 aromatic rings. The van der Waals surface area contributed by atoms with Crippen LogP contribution in [0.2, 0.25) is 0 Å². The van der Waals surface area contributed by atoms with Crippen LogP contribution in [0, 0.1) is 11.8 Å². The first-order chi connectivity index (χ1) is 14.1. The first-order valence-electron chi connectivity index (χ1n) is 10.0. The number of allylic oxidation sites excluding steroid dienone is 3. The van der Waals surface area contributed by atoms with E-state index in [1.807, 2.05) is 6.08 Å². The van der Waals surface area contributed by atoms with Gasteiger partial charge in [-0.2, -0.15) is 0 Å². The Morgan fingerprint density at radius 3 is 2.72 bits per heavy atom. The predicted octanol–water partition coefficient (Wildman–Crippen LogP) is 3.28. The van der Waals surface area contributed by atoms with Gasteiger partial charge in [-0.15, -0.1) is 0 Å². The highest BCUT2D eigenvalue weighted by molar-refractivity contribution is 5.78. The topological polar surface area (TPSA) is 57.2 Å². The number of hydrogen-bond donors (Lipinski definition) is 0. The molecule has 6 nitrogen and oxygen atoms in total. The van der Waals surface area contributed by atoms with Crippen LogP contribution in [-0.2, 0) is 20.7 Å². The van der Waals surface area contributed by atoms with Crippen molar-refractivity contribution in [1.29, 1.82) is 0 Å². The number of rotatable bonds is 4. The predicted molar refractivity (Wildman–Crippen MR) is 107 cm³/mol. The highest BCUT2D eigenvalue weighted by Gasteiger charge is 2.45. The quantitative estimate of drug-likeness (QED) is 0.780. The molecule has 3 heterocycles. The summed E-state index contributed by atoms with van der Waals surface area (Å²) in [6.45, 7) is 2.78. The van der Waals surface area contributed by atoms with E-state index in [0.29, 0.717) is 6.42 Å². The summed E-state index contributed by atoms with van der Waals surface area (Å²) in [5.41, 5.74) is 3.59. The Balaban J connectivity index is 1.64. The molecule has 0 radical (unpaired) electrons. The molecule has 0 N–H and O–H groups in total. The summed E-state index contributed by atoms with van der Waals surface area (Å²) in [5.74, 6) is 3.51. The van der Waals surface area contributed by atoms with Crippen LogP contribution in [0.5, 0.6) is 11.5 Å². The molecule has 0 saturated carbocycles. The number of hydrogen-bond acceptors (Lipinski definition) is 6. The first kappa shape index (κ1) is 18.2. The van der Waals surface area contributed by atoms with Crippen LogP contribution in [0.25, 0.3) is 5.70 Å². The maximum Gasteiger partial charge on any atom is 0.231 e. The monoisotopic (exact) mass is 395 g/mol. The third kappa shape index (κ3) is 2.81. The summed E-state index contributed by atoms with van der Waals surface area (Å²) < 4.78 is 22.5. The normalized spacial score (nSPS) is 26.4. The van der Waals surface area contributed by atoms with E-state index in [9.17, 15) is 4.79 Å². The van der Waals surface area contributed by atoms with Gasteiger partial charge in [0, 0.05) is 36.2 Å². The zero-order valence-electron chi connectivity index (χ0n) is 16.9. The van der Waals surface area contributed by atoms with Crippen LogP contribution in [0.4, 0.5) is 0 Å². The van der Waals surface area contributed by atoms with Crippen LogP contribution in [0.15, 0.2) is 41.9 Å². The third-order valence-electron chi connectivity index (χ3n) is 6.34. The lowest BCUT2D eigenvalue weighted by atomic mass is 9.73. The number of nitrogens with zero attached hydrogens (tertiary/aromatic N) is 1. The van der Waals surface area contributed by atoms with Crippen LogP contribution in [-0.4, -0.2) is 44.3 Å². The van der Waals surface area contributed by atoms with Crippen molar-refractivity contribution in [3.63, 3.8) is 0 Å². The number of Topliss-reactive ketones (excluding diaryl/α,β-unsaturated/α-hetero) is 1. The lowest BCUT2D eigenvalue weighted by molar-refractivity contribution is -0.118. The van der Waals surface area contributed by atoms with E-state index in [1.54, 1.807) is 21.1 Å². The summed E-state index contributed by atoms with van der Waals surface area (Å²) in [6, 6.07) is 4.20. The fourth-order valence-electron chi connectivity index (χ4n) is 5.12. The van der Waals surface area contributed by atoms with E-state index in [0.717, 1.165) is 41.7 Å². The average Bonchev–Trinajstić information content (AvgIpc) is 3.18. The molecule has 6 heteroatoms. The van der Waals surface area contributed by atoms with Crippen molar-refractivity contribution in [3.8, 4) is 11.5 Å². The maximum absolute atomic E-state index is 12.2. The molecule has 29 heavy (non-hydrogen) atoms. The Hall–Kier alpha value is -2.89. The van der Waals surface area contributed by atoms with Gasteiger partial charge in [0.15, 0.2) is 17.3 Å². The minimum absolute atomic E-state index is 0.0149. The van der Waals surface area contributed by atoms with Crippen molar-refractivity contribution in [3.05, 3.63) is 53.0 Å². The van der Waals surface area contributed by atoms with Crippen LogP contribution >= 0.6 is 0 Å². The van der Waals surface area contributed by atoms with Gasteiger partial charge in [0.1, 0.15) is 11.5 Å². The Kier molecular flexibility index (Phi) is 4.30. The van der Waals surface area contributed by atoms with Crippen LogP contribution < -0.4 is 9.47 Å². The van der Waals surface area contributed by atoms with E-state index < -0.39 is 0 Å². The molecular formula is C23H25NO5. The van der Waals surface area contributed by atoms with Crippen molar-refractivity contribution in [2.24, 2.45) is 11.8 Å². The third-order valence-corrected chi connectivity index (χ3v) is 6.34. The van der Waals surface area contributed by atoms with Crippen LogP contribution in [0.1, 0.15) is 24.5 Å². The smallest absolute Gasteiger partial charge is 0.231 e. The number of carbonyl (C=O) groups excluding carboxylic acids is 1. The molecule has 0 fully saturated rings. The molecule has 3 unspecified atom stereocenters. The molecule has 4 aliphatic rings. The molecule has 0 amide bonds. The fraction of sp³-hybridized carbons (Fsp3) is 0.435. The summed E-state index contributed by atoms with van der Waals surface area (Å²) in [5, 5.41) is 0. The number of ketones is 1. The molecular weight excluding hydrogens is 370 g/mol. The Bertz CT molecular complexity index is 960. The number of benzene rings is 1. The van der Waals surface area contributed by atoms with Crippen molar-refractivity contribution in [2.75, 3.05) is 27.6 Å². The number of methoxy groups -OCH3 is 2. The van der Waals surface area contributed by atoms with E-state index >= 15 is 0 Å². The molecule has 0 spiro atoms. The molecule has 1 aliphatic carbocycles. The van der Waals surface area contributed by atoms with Gasteiger partial charge < -0.3 is 23.8 Å². The summed E-state index contributed by atoms with van der Waals surface area (Å²) in [7, 11) is 3.34. The van der Waals surface area contributed by atoms with Gasteiger partial charge in [-0.25, -0.2) is 0 Å². The van der Waals surface area contributed by atoms with Gasteiger partial charge in [0.2, 0.25) is 6.79 Å². The van der Waals surface area contributed by atoms with Gasteiger partial charge in [0.25, 0.3) is 0 Å². The van der Waals surface area contributed by atoms with Crippen LogP contribution in [0.3, 0.4) is 0 Å². The zero-order chi connectivity index (χ0) is 20.1. The second-order valence-electron chi connectivity index (χ2n) is 7.93. The molecule has 152 valence electrons. The summed E-state index contributed by atoms with van der Waals surface area (Å²) in [4.78, 5) is 14.6. The van der Waals surface area contributed by atoms with Crippen molar-refractivity contribution >= 4 is 11.5 Å². The molecule has 5 rings (SSSR count). The minimum atomic E-state index is 0.0149. The highest BCUT2D eigenvalue weighted by atomic mass is 16.7. The number of carbonyl (C=O) groups is 1. The summed E-state index contributed by atoms with van der Waals surface area (Å²) in [6.07, 6.45) is 7.79. The van der Waals surface area contributed by atoms with Crippen molar-refractivity contribution in [2.45, 2.75) is 25.8 Å². The molecule has 0 bridgehead atoms. The second kappa shape index (κ2) is 6.87. The molecule has 3 aliphatic heterocycles. The van der Waals surface area contributed by atoms with Crippen molar-refractivity contribution in [1.82, 2.24) is 4.90 Å². The highest BCUT2D eigenvalue weighted by Crippen LogP contribution is 2.48. The maximum atomic E-state index is 12.2. The van der Waals surface area contributed by atoms with Gasteiger partial charge in [0.05, 0.1) is 20.1 Å². The average molecular weight is 395 g/mol. The standard InChI is InChI=1S/C23H25NO5/c1-13(25)8-18-22-15(4-5-19(26-2)23(22)27-3)9-17-16-11-21-20(28-12-29-21)10-14(16)6-7-24(17)18/h4-5,9-11,15,18,22H,6-8,12H2,1-3H3. The fourth-order valence-corrected chi connectivity index (χ4v) is 5.12. The van der Waals surface area contributed by atoms with Gasteiger partial charge in [-0.3, -0.25) is 4.79 Å². The van der Waals surface area contributed by atoms with E-state index in [1.165, 1.54) is 11.1 Å². The lowest BCUT2D eigenvalue weighted by Gasteiger charge is -2.49. The molecule has 1 aromatic carbocycles. The van der Waals surface area contributed by atoms with Gasteiger partial charge in [-0.1, -0.05) is 12.2 Å². The molecule has 0 aromatic heterocycles. The second-order valence-corrected chi connectivity index (χ2v) is 7.93. The largest absolute Gasteiger partial charge is 0.497 e. The van der Waals surface area contributed by atoms with E-state index in [4.69, 9.17) is 18.9 Å². The first-order valence-corrected chi connectivity index (χ1v) is 10.0. The van der Waals surface area contributed by atoms with E-state index in [-0.39, 0.29) is 30.5 Å². The number of fused-ring (bicyclic) bond motifs is 5. The molecule has 3 atom stereocenters. The summed E-state index contributed by atoms with van der Waals surface area (Å²) >= 11 is 0. The Morgan fingerprint density at radius 1 is 1.21 bits per heavy atom. The minimum Gasteiger partial charge on any atom is -0.497 e. The SMILES string of the molecule is COC1=C(OC)C2C(C=C1)C=C1c3cc4c(cc3CCN1C2CC(C)=O)OCO4. The Morgan fingerprint density at radius 2 is 2.00 bits per heavy atom. The van der Waals surface area contributed by atoms with Crippen molar-refractivity contribution < 1.29 is 23.7 Å². The Labute approximate surface area is 170 Å². The van der Waals surface area contributed by atoms with Gasteiger partial charge >= 0.3 is 0 Å². The molecule has 0 saturated heterocycles. The van der Waals surface area contributed by atoms with Gasteiger partial charge in [-0.05, 0) is 37.1 Å². The lowest BCUT2D eigenvalue weighted by Crippen LogP contribution is -2.50. The number of ether oxygens (including phenoxy) is 4. The van der Waals surface area contributed by atoms with E-state index in [2.05, 4.69) is 29.2 Å². The zero-order valence-corrected chi connectivity index (χ0v) is 16.9.